The first-order valence-electron chi connectivity index (χ1n) is 49.5. The predicted octanol–water partition coefficient (Wildman–Crippen LogP) is 30.1. The van der Waals surface area contributed by atoms with E-state index in [9.17, 15) is 43.2 Å². The van der Waals surface area contributed by atoms with Crippen LogP contribution in [0.4, 0.5) is 0 Å². The van der Waals surface area contributed by atoms with Crippen molar-refractivity contribution in [1.82, 2.24) is 0 Å². The van der Waals surface area contributed by atoms with Crippen LogP contribution in [-0.2, 0) is 65.4 Å². The number of aliphatic hydroxyl groups is 1. The summed E-state index contributed by atoms with van der Waals surface area (Å²) in [7, 11) is -9.94. The van der Waals surface area contributed by atoms with Gasteiger partial charge in [0.2, 0.25) is 0 Å². The number of phosphoric acid groups is 2. The molecule has 17 nitrogen and oxygen atoms in total. The van der Waals surface area contributed by atoms with E-state index < -0.39 is 97.5 Å². The molecule has 0 aromatic heterocycles. The Bertz CT molecular complexity index is 2190. The SMILES string of the molecule is CCCCCCCCCCCCCCCCCCCCCCCCC(=O)OC[C@H](COP(=O)(O)OC[C@@H](O)COP(=O)(O)OC[C@@H](COC(=O)CCCCCCCCCCCC(C)C)OC(=O)CCCCCCCCCCCCCCCCCCCCC)OC(=O)CCCCCCCCCCCCCCCCCCCCC(C)CC. The average molecular weight is 1680 g/mol. The molecule has 0 saturated carbocycles. The first-order valence-corrected chi connectivity index (χ1v) is 52.5. The number of carbonyl (C=O) groups is 4. The molecule has 0 aliphatic carbocycles. The van der Waals surface area contributed by atoms with Crippen LogP contribution in [0.15, 0.2) is 0 Å². The Balaban J connectivity index is 5.24. The van der Waals surface area contributed by atoms with Crippen LogP contribution < -0.4 is 0 Å². The zero-order valence-electron chi connectivity index (χ0n) is 76.1. The van der Waals surface area contributed by atoms with Crippen molar-refractivity contribution in [1.29, 1.82) is 0 Å². The molecule has 0 radical (unpaired) electrons. The van der Waals surface area contributed by atoms with Crippen molar-refractivity contribution < 1.29 is 80.2 Å². The number of phosphoric ester groups is 2. The fraction of sp³-hybridized carbons (Fsp3) is 0.958. The number of aliphatic hydroxyl groups excluding tert-OH is 1. The van der Waals surface area contributed by atoms with Gasteiger partial charge >= 0.3 is 39.5 Å². The predicted molar refractivity (Wildman–Crippen MR) is 478 cm³/mol. The van der Waals surface area contributed by atoms with Gasteiger partial charge in [-0.1, -0.05) is 472 Å². The van der Waals surface area contributed by atoms with Gasteiger partial charge in [-0.25, -0.2) is 9.13 Å². The fourth-order valence-corrected chi connectivity index (χ4v) is 16.7. The van der Waals surface area contributed by atoms with Gasteiger partial charge in [0.25, 0.3) is 0 Å². The second-order valence-electron chi connectivity index (χ2n) is 35.2. The lowest BCUT2D eigenvalue weighted by Gasteiger charge is -2.21. The number of ether oxygens (including phenoxy) is 4. The maximum atomic E-state index is 13.2. The van der Waals surface area contributed by atoms with Crippen LogP contribution >= 0.6 is 15.6 Å². The molecule has 0 aromatic rings. The standard InChI is InChI=1S/C96H188O17P2/c1-7-10-12-14-16-18-20-22-24-26-28-29-30-32-36-40-44-48-54-60-66-72-78-93(98)106-84-91(112-95(100)80-75-69-63-56-50-46-42-38-34-33-35-39-43-47-53-59-65-71-77-89(6)9-3)86-110-114(102,103)108-82-90(97)83-109-115(104,105)111-87-92(85-107-94(99)79-73-67-61-57-51-52-58-64-70-76-88(4)5)113-96(101)81-74-68-62-55-49-45-41-37-31-27-25-23-21-19-17-15-13-11-8-2/h88-92,97H,7-87H2,1-6H3,(H,102,103)(H,104,105)/t89?,90-,91-,92-/m1/s1. The molecule has 19 heteroatoms. The van der Waals surface area contributed by atoms with Gasteiger partial charge in [-0.15, -0.1) is 0 Å². The van der Waals surface area contributed by atoms with Crippen LogP contribution in [-0.4, -0.2) is 96.7 Å². The molecule has 684 valence electrons. The van der Waals surface area contributed by atoms with E-state index in [1.54, 1.807) is 0 Å². The minimum absolute atomic E-state index is 0.109. The zero-order valence-corrected chi connectivity index (χ0v) is 77.9. The highest BCUT2D eigenvalue weighted by atomic mass is 31.2. The van der Waals surface area contributed by atoms with E-state index in [0.717, 1.165) is 102 Å². The smallest absolute Gasteiger partial charge is 0.462 e. The van der Waals surface area contributed by atoms with E-state index in [0.29, 0.717) is 25.7 Å². The summed E-state index contributed by atoms with van der Waals surface area (Å²) in [6.45, 7) is 9.78. The van der Waals surface area contributed by atoms with Crippen molar-refractivity contribution in [2.24, 2.45) is 11.8 Å². The number of hydrogen-bond acceptors (Lipinski definition) is 15. The maximum Gasteiger partial charge on any atom is 0.472 e. The van der Waals surface area contributed by atoms with Gasteiger partial charge in [0.1, 0.15) is 19.3 Å². The first-order chi connectivity index (χ1) is 55.9. The highest BCUT2D eigenvalue weighted by Gasteiger charge is 2.31. The van der Waals surface area contributed by atoms with Crippen LogP contribution in [0, 0.1) is 11.8 Å². The molecule has 0 fully saturated rings. The molecule has 0 aliphatic heterocycles. The number of carbonyl (C=O) groups excluding carboxylic acids is 4. The lowest BCUT2D eigenvalue weighted by Crippen LogP contribution is -2.30. The molecule has 0 amide bonds. The molecule has 6 atom stereocenters. The molecular weight excluding hydrogens is 1490 g/mol. The summed E-state index contributed by atoms with van der Waals surface area (Å²) in [5.41, 5.74) is 0. The van der Waals surface area contributed by atoms with Crippen LogP contribution in [0.25, 0.3) is 0 Å². The van der Waals surface area contributed by atoms with Crippen molar-refractivity contribution in [2.45, 2.75) is 541 Å². The third kappa shape index (κ3) is 88.2. The van der Waals surface area contributed by atoms with Gasteiger partial charge in [-0.05, 0) is 37.5 Å². The van der Waals surface area contributed by atoms with Crippen LogP contribution in [0.2, 0.25) is 0 Å². The Morgan fingerprint density at radius 3 is 0.661 bits per heavy atom. The number of rotatable bonds is 95. The molecule has 0 spiro atoms. The number of unbranched alkanes of at least 4 members (excludes halogenated alkanes) is 64. The summed E-state index contributed by atoms with van der Waals surface area (Å²) in [4.78, 5) is 73.6. The van der Waals surface area contributed by atoms with E-state index in [-0.39, 0.29) is 25.7 Å². The third-order valence-corrected chi connectivity index (χ3v) is 25.0. The lowest BCUT2D eigenvalue weighted by molar-refractivity contribution is -0.161. The van der Waals surface area contributed by atoms with Crippen molar-refractivity contribution in [3.8, 4) is 0 Å². The summed E-state index contributed by atoms with van der Waals surface area (Å²) >= 11 is 0. The second kappa shape index (κ2) is 87.0. The van der Waals surface area contributed by atoms with Crippen LogP contribution in [0.3, 0.4) is 0 Å². The van der Waals surface area contributed by atoms with E-state index in [1.165, 1.54) is 340 Å². The fourth-order valence-electron chi connectivity index (χ4n) is 15.2. The van der Waals surface area contributed by atoms with Crippen molar-refractivity contribution >= 4 is 39.5 Å². The average Bonchev–Trinajstić information content (AvgIpc) is 0.899. The largest absolute Gasteiger partial charge is 0.472 e. The monoisotopic (exact) mass is 1680 g/mol. The minimum atomic E-state index is -4.97. The van der Waals surface area contributed by atoms with E-state index >= 15 is 0 Å². The lowest BCUT2D eigenvalue weighted by atomic mass is 9.99. The highest BCUT2D eigenvalue weighted by Crippen LogP contribution is 2.45. The Labute approximate surface area is 708 Å². The number of esters is 4. The van der Waals surface area contributed by atoms with Crippen molar-refractivity contribution in [3.63, 3.8) is 0 Å². The molecule has 0 heterocycles. The Kier molecular flexibility index (Phi) is 85.5. The Morgan fingerprint density at radius 1 is 0.252 bits per heavy atom. The number of hydrogen-bond donors (Lipinski definition) is 3. The molecule has 115 heavy (non-hydrogen) atoms. The maximum absolute atomic E-state index is 13.2. The van der Waals surface area contributed by atoms with Crippen molar-refractivity contribution in [2.75, 3.05) is 39.6 Å². The quantitative estimate of drug-likeness (QED) is 0.0222. The molecule has 0 bridgehead atoms. The molecule has 0 saturated heterocycles. The second-order valence-corrected chi connectivity index (χ2v) is 38.1. The topological polar surface area (TPSA) is 237 Å². The van der Waals surface area contributed by atoms with Crippen LogP contribution in [0.5, 0.6) is 0 Å². The summed E-state index contributed by atoms with van der Waals surface area (Å²) in [6.07, 6.45) is 83.6. The molecule has 0 aromatic carbocycles. The summed E-state index contributed by atoms with van der Waals surface area (Å²) in [6, 6.07) is 0. The van der Waals surface area contributed by atoms with E-state index in [4.69, 9.17) is 37.0 Å². The highest BCUT2D eigenvalue weighted by molar-refractivity contribution is 7.47. The van der Waals surface area contributed by atoms with E-state index in [2.05, 4.69) is 41.5 Å². The Hall–Kier alpha value is -1.94. The third-order valence-electron chi connectivity index (χ3n) is 23.1. The molecule has 3 N–H and O–H groups in total. The van der Waals surface area contributed by atoms with Gasteiger partial charge in [0.15, 0.2) is 12.2 Å². The summed E-state index contributed by atoms with van der Waals surface area (Å²) in [5, 5.41) is 10.7. The Morgan fingerprint density at radius 2 is 0.443 bits per heavy atom. The van der Waals surface area contributed by atoms with Crippen LogP contribution in [0.1, 0.15) is 523 Å². The molecule has 0 rings (SSSR count). The van der Waals surface area contributed by atoms with Gasteiger partial charge in [-0.2, -0.15) is 0 Å². The van der Waals surface area contributed by atoms with E-state index in [1.807, 2.05) is 0 Å². The zero-order chi connectivity index (χ0) is 84.1. The summed E-state index contributed by atoms with van der Waals surface area (Å²) in [5.74, 6) is -0.476. The van der Waals surface area contributed by atoms with Gasteiger partial charge in [-0.3, -0.25) is 37.3 Å². The molecule has 3 unspecified atom stereocenters. The minimum Gasteiger partial charge on any atom is -0.462 e. The van der Waals surface area contributed by atoms with Gasteiger partial charge in [0, 0.05) is 25.7 Å². The normalized spacial score (nSPS) is 13.9. The van der Waals surface area contributed by atoms with Gasteiger partial charge < -0.3 is 33.8 Å². The summed E-state index contributed by atoms with van der Waals surface area (Å²) < 4.78 is 69.2. The molecule has 0 aliphatic rings. The molecular formula is C96H188O17P2. The van der Waals surface area contributed by atoms with Crippen molar-refractivity contribution in [3.05, 3.63) is 0 Å². The first kappa shape index (κ1) is 113. The van der Waals surface area contributed by atoms with Gasteiger partial charge in [0.05, 0.1) is 26.4 Å².